The second-order valence-electron chi connectivity index (χ2n) is 4.83. The van der Waals surface area contributed by atoms with Crippen molar-refractivity contribution in [1.29, 1.82) is 0 Å². The van der Waals surface area contributed by atoms with Gasteiger partial charge in [-0.05, 0) is 25.8 Å². The molecule has 1 rings (SSSR count). The highest BCUT2D eigenvalue weighted by molar-refractivity contribution is 5.42. The molecule has 0 aliphatic heterocycles. The fraction of sp³-hybridized carbons (Fsp3) is 0.538. The number of aliphatic hydroxyl groups is 1. The molecule has 0 saturated heterocycles. The van der Waals surface area contributed by atoms with Crippen LogP contribution in [0.15, 0.2) is 18.2 Å². The van der Waals surface area contributed by atoms with Gasteiger partial charge in [-0.3, -0.25) is 10.1 Å². The Morgan fingerprint density at radius 3 is 2.72 bits per heavy atom. The molecule has 0 radical (unpaired) electrons. The minimum Gasteiger partial charge on any atom is -0.389 e. The Bertz CT molecular complexity index is 430. The summed E-state index contributed by atoms with van der Waals surface area (Å²) in [6, 6.07) is 5.17. The second-order valence-corrected chi connectivity index (χ2v) is 4.83. The summed E-state index contributed by atoms with van der Waals surface area (Å²) in [5, 5.41) is 23.7. The normalized spacial score (nSPS) is 14.2. The number of nitro groups is 1. The van der Waals surface area contributed by atoms with Crippen molar-refractivity contribution < 1.29 is 10.0 Å². The molecular weight excluding hydrogens is 232 g/mol. The third-order valence-corrected chi connectivity index (χ3v) is 3.07. The molecule has 5 heteroatoms. The topological polar surface area (TPSA) is 75.4 Å². The van der Waals surface area contributed by atoms with E-state index in [1.165, 1.54) is 0 Å². The lowest BCUT2D eigenvalue weighted by molar-refractivity contribution is -0.385. The van der Waals surface area contributed by atoms with Crippen LogP contribution in [0.5, 0.6) is 0 Å². The van der Waals surface area contributed by atoms with Gasteiger partial charge < -0.3 is 10.4 Å². The summed E-state index contributed by atoms with van der Waals surface area (Å²) in [5.41, 5.74) is 0.899. The Balaban J connectivity index is 2.64. The van der Waals surface area contributed by atoms with E-state index in [2.05, 4.69) is 5.32 Å². The molecule has 0 spiro atoms. The molecule has 1 unspecified atom stereocenters. The zero-order valence-electron chi connectivity index (χ0n) is 11.1. The molecule has 2 N–H and O–H groups in total. The Morgan fingerprint density at radius 2 is 2.17 bits per heavy atom. The van der Waals surface area contributed by atoms with Crippen LogP contribution in [0.1, 0.15) is 31.4 Å². The lowest BCUT2D eigenvalue weighted by atomic mass is 10.0. The van der Waals surface area contributed by atoms with E-state index in [9.17, 15) is 15.2 Å². The van der Waals surface area contributed by atoms with Gasteiger partial charge in [0.25, 0.3) is 5.69 Å². The minimum absolute atomic E-state index is 0.136. The van der Waals surface area contributed by atoms with Gasteiger partial charge in [0.15, 0.2) is 0 Å². The van der Waals surface area contributed by atoms with Crippen LogP contribution in [0.4, 0.5) is 5.69 Å². The summed E-state index contributed by atoms with van der Waals surface area (Å²) in [7, 11) is 0. The number of nitro benzene ring substituents is 1. The summed E-state index contributed by atoms with van der Waals surface area (Å²) in [4.78, 5) is 10.4. The van der Waals surface area contributed by atoms with E-state index in [4.69, 9.17) is 0 Å². The van der Waals surface area contributed by atoms with Gasteiger partial charge in [-0.1, -0.05) is 19.1 Å². The molecule has 0 saturated carbocycles. The van der Waals surface area contributed by atoms with Crippen LogP contribution in [0.2, 0.25) is 0 Å². The molecule has 0 aliphatic rings. The van der Waals surface area contributed by atoms with Crippen molar-refractivity contribution in [2.75, 3.05) is 6.54 Å². The fourth-order valence-corrected chi connectivity index (χ4v) is 1.56. The van der Waals surface area contributed by atoms with Gasteiger partial charge in [0.2, 0.25) is 0 Å². The maximum atomic E-state index is 10.8. The number of hydrogen-bond acceptors (Lipinski definition) is 4. The number of rotatable bonds is 6. The van der Waals surface area contributed by atoms with E-state index in [0.29, 0.717) is 25.1 Å². The van der Waals surface area contributed by atoms with Crippen molar-refractivity contribution in [3.63, 3.8) is 0 Å². The maximum Gasteiger partial charge on any atom is 0.272 e. The van der Waals surface area contributed by atoms with Crippen molar-refractivity contribution in [2.24, 2.45) is 0 Å². The molecule has 1 aromatic rings. The largest absolute Gasteiger partial charge is 0.389 e. The zero-order valence-corrected chi connectivity index (χ0v) is 11.1. The predicted molar refractivity (Wildman–Crippen MR) is 70.5 cm³/mol. The average Bonchev–Trinajstić information content (AvgIpc) is 2.31. The first-order valence-corrected chi connectivity index (χ1v) is 6.03. The third-order valence-electron chi connectivity index (χ3n) is 3.07. The van der Waals surface area contributed by atoms with Gasteiger partial charge in [0.1, 0.15) is 0 Å². The summed E-state index contributed by atoms with van der Waals surface area (Å²) in [5.74, 6) is 0. The molecule has 0 aliphatic carbocycles. The van der Waals surface area contributed by atoms with Crippen LogP contribution in [0, 0.1) is 17.0 Å². The second kappa shape index (κ2) is 5.93. The van der Waals surface area contributed by atoms with E-state index in [0.717, 1.165) is 5.56 Å². The van der Waals surface area contributed by atoms with E-state index in [1.807, 2.05) is 13.0 Å². The maximum absolute atomic E-state index is 10.8. The van der Waals surface area contributed by atoms with Gasteiger partial charge in [-0.15, -0.1) is 0 Å². The number of nitrogens with one attached hydrogen (secondary N) is 1. The highest BCUT2D eigenvalue weighted by atomic mass is 16.6. The van der Waals surface area contributed by atoms with Crippen molar-refractivity contribution in [2.45, 2.75) is 39.3 Å². The van der Waals surface area contributed by atoms with E-state index >= 15 is 0 Å². The molecule has 1 aromatic carbocycles. The zero-order chi connectivity index (χ0) is 13.8. The highest BCUT2D eigenvalue weighted by Crippen LogP contribution is 2.19. The number of aryl methyl sites for hydroxylation is 1. The van der Waals surface area contributed by atoms with Crippen LogP contribution in [0.25, 0.3) is 0 Å². The Kier molecular flexibility index (Phi) is 4.81. The van der Waals surface area contributed by atoms with Crippen molar-refractivity contribution >= 4 is 5.69 Å². The van der Waals surface area contributed by atoms with E-state index < -0.39 is 5.60 Å². The molecular formula is C13H20N2O3. The third kappa shape index (κ3) is 4.09. The predicted octanol–water partition coefficient (Wildman–Crippen LogP) is 2.15. The number of hydrogen-bond donors (Lipinski definition) is 2. The lowest BCUT2D eigenvalue weighted by Crippen LogP contribution is -2.36. The SMILES string of the molecule is CCC(C)(O)CNCc1ccc(C)c([N+](=O)[O-])c1. The van der Waals surface area contributed by atoms with Gasteiger partial charge in [-0.2, -0.15) is 0 Å². The van der Waals surface area contributed by atoms with Crippen LogP contribution < -0.4 is 5.32 Å². The van der Waals surface area contributed by atoms with Crippen molar-refractivity contribution in [3.8, 4) is 0 Å². The summed E-state index contributed by atoms with van der Waals surface area (Å²) in [6.45, 7) is 6.37. The van der Waals surface area contributed by atoms with Gasteiger partial charge in [0, 0.05) is 24.7 Å². The molecule has 18 heavy (non-hydrogen) atoms. The van der Waals surface area contributed by atoms with Gasteiger partial charge in [-0.25, -0.2) is 0 Å². The first-order valence-electron chi connectivity index (χ1n) is 6.03. The molecule has 100 valence electrons. The summed E-state index contributed by atoms with van der Waals surface area (Å²) >= 11 is 0. The molecule has 5 nitrogen and oxygen atoms in total. The first-order chi connectivity index (χ1) is 8.35. The standard InChI is InChI=1S/C13H20N2O3/c1-4-13(3,16)9-14-8-11-6-5-10(2)12(7-11)15(17)18/h5-7,14,16H,4,8-9H2,1-3H3. The van der Waals surface area contributed by atoms with Crippen LogP contribution in [0.3, 0.4) is 0 Å². The molecule has 0 fully saturated rings. The van der Waals surface area contributed by atoms with Crippen molar-refractivity contribution in [3.05, 3.63) is 39.4 Å². The highest BCUT2D eigenvalue weighted by Gasteiger charge is 2.16. The molecule has 0 bridgehead atoms. The number of benzene rings is 1. The lowest BCUT2D eigenvalue weighted by Gasteiger charge is -2.21. The monoisotopic (exact) mass is 252 g/mol. The van der Waals surface area contributed by atoms with Crippen molar-refractivity contribution in [1.82, 2.24) is 5.32 Å². The summed E-state index contributed by atoms with van der Waals surface area (Å²) < 4.78 is 0. The number of nitrogens with zero attached hydrogens (tertiary/aromatic N) is 1. The Morgan fingerprint density at radius 1 is 1.50 bits per heavy atom. The van der Waals surface area contributed by atoms with E-state index in [1.54, 1.807) is 26.0 Å². The average molecular weight is 252 g/mol. The Labute approximate surface area is 107 Å². The minimum atomic E-state index is -0.739. The first kappa shape index (κ1) is 14.6. The fourth-order valence-electron chi connectivity index (χ4n) is 1.56. The molecule has 1 atom stereocenters. The summed E-state index contributed by atoms with van der Waals surface area (Å²) in [6.07, 6.45) is 0.661. The van der Waals surface area contributed by atoms with Crippen LogP contribution in [-0.2, 0) is 6.54 Å². The molecule has 0 amide bonds. The molecule has 0 aromatic heterocycles. The Hall–Kier alpha value is -1.46. The van der Waals surface area contributed by atoms with Crippen LogP contribution >= 0.6 is 0 Å². The molecule has 0 heterocycles. The smallest absolute Gasteiger partial charge is 0.272 e. The quantitative estimate of drug-likeness (QED) is 0.601. The van der Waals surface area contributed by atoms with E-state index in [-0.39, 0.29) is 10.6 Å². The van der Waals surface area contributed by atoms with Crippen LogP contribution in [-0.4, -0.2) is 22.2 Å². The van der Waals surface area contributed by atoms with Gasteiger partial charge in [0.05, 0.1) is 10.5 Å². The van der Waals surface area contributed by atoms with Gasteiger partial charge >= 0.3 is 0 Å².